The molecule has 3 aromatic rings. The van der Waals surface area contributed by atoms with E-state index < -0.39 is 18.5 Å². The van der Waals surface area contributed by atoms with Gasteiger partial charge in [-0.25, -0.2) is 8.78 Å². The van der Waals surface area contributed by atoms with Gasteiger partial charge in [-0.15, -0.1) is 5.10 Å². The molecule has 0 aliphatic carbocycles. The molecule has 2 aromatic heterocycles. The van der Waals surface area contributed by atoms with E-state index >= 15 is 0 Å². The summed E-state index contributed by atoms with van der Waals surface area (Å²) >= 11 is 0. The summed E-state index contributed by atoms with van der Waals surface area (Å²) in [5.74, 6) is -3.23. The maximum Gasteiger partial charge on any atom is 0.387 e. The summed E-state index contributed by atoms with van der Waals surface area (Å²) in [4.78, 5) is 9.40. The number of ether oxygens (including phenoxy) is 1. The zero-order chi connectivity index (χ0) is 22.7. The molecule has 0 bridgehead atoms. The predicted octanol–water partition coefficient (Wildman–Crippen LogP) is 4.65. The summed E-state index contributed by atoms with van der Waals surface area (Å²) in [5, 5.41) is 10.6. The van der Waals surface area contributed by atoms with Gasteiger partial charge >= 0.3 is 6.61 Å². The van der Waals surface area contributed by atoms with Crippen molar-refractivity contribution in [3.05, 3.63) is 48.5 Å². The van der Waals surface area contributed by atoms with E-state index in [4.69, 9.17) is 0 Å². The molecule has 12 heteroatoms. The summed E-state index contributed by atoms with van der Waals surface area (Å²) in [5.41, 5.74) is 1.27. The number of benzene rings is 1. The van der Waals surface area contributed by atoms with E-state index in [9.17, 15) is 22.0 Å². The second-order valence-electron chi connectivity index (χ2n) is 7.08. The first kappa shape index (κ1) is 21.7. The third-order valence-corrected chi connectivity index (χ3v) is 4.78. The van der Waals surface area contributed by atoms with Gasteiger partial charge in [-0.3, -0.25) is 0 Å². The number of aromatic nitrogens is 4. The van der Waals surface area contributed by atoms with E-state index in [1.807, 2.05) is 0 Å². The summed E-state index contributed by atoms with van der Waals surface area (Å²) in [7, 11) is 0. The second-order valence-corrected chi connectivity index (χ2v) is 7.08. The van der Waals surface area contributed by atoms with E-state index in [0.717, 1.165) is 6.07 Å². The Labute approximate surface area is 179 Å². The number of hydrogen-bond donors (Lipinski definition) is 1. The monoisotopic (exact) mass is 452 g/mol. The lowest BCUT2D eigenvalue weighted by atomic mass is 10.1. The number of rotatable bonds is 6. The van der Waals surface area contributed by atoms with Crippen molar-refractivity contribution in [3.63, 3.8) is 0 Å². The lowest BCUT2D eigenvalue weighted by Gasteiger charge is -2.31. The SMILES string of the molecule is Fc1cc(Nc2cc(-c3ccc(OC(F)F)cc3)cnn2)nc(N2CCC(F)(F)CC2)n1. The Kier molecular flexibility index (Phi) is 6.01. The number of halogens is 5. The fourth-order valence-electron chi connectivity index (χ4n) is 3.19. The van der Waals surface area contributed by atoms with Crippen LogP contribution in [0, 0.1) is 5.95 Å². The van der Waals surface area contributed by atoms with Crippen LogP contribution in [-0.2, 0) is 0 Å². The van der Waals surface area contributed by atoms with E-state index in [0.29, 0.717) is 11.1 Å². The smallest absolute Gasteiger partial charge is 0.387 e. The molecule has 0 radical (unpaired) electrons. The van der Waals surface area contributed by atoms with Gasteiger partial charge in [-0.05, 0) is 23.8 Å². The molecule has 3 heterocycles. The Morgan fingerprint density at radius 3 is 2.38 bits per heavy atom. The summed E-state index contributed by atoms with van der Waals surface area (Å²) < 4.78 is 69.7. The average Bonchev–Trinajstić information content (AvgIpc) is 2.73. The zero-order valence-corrected chi connectivity index (χ0v) is 16.5. The average molecular weight is 452 g/mol. The molecule has 1 aliphatic rings. The van der Waals surface area contributed by atoms with Gasteiger partial charge in [0.05, 0.1) is 6.20 Å². The zero-order valence-electron chi connectivity index (χ0n) is 16.5. The molecular weight excluding hydrogens is 435 g/mol. The number of hydrogen-bond acceptors (Lipinski definition) is 7. The van der Waals surface area contributed by atoms with E-state index in [1.165, 1.54) is 23.2 Å². The van der Waals surface area contributed by atoms with Gasteiger partial charge < -0.3 is 15.0 Å². The minimum absolute atomic E-state index is 0.00160. The standard InChI is InChI=1S/C20H17F5N6O/c21-15-10-16(29-19(27-15)31-7-5-20(24,25)6-8-31)28-17-9-13(11-26-30-17)12-1-3-14(4-2-12)32-18(22)23/h1-4,9-11,18H,5-8H2,(H,27,28,29,30). The van der Waals surface area contributed by atoms with Crippen molar-refractivity contribution in [1.82, 2.24) is 20.2 Å². The molecule has 0 saturated carbocycles. The van der Waals surface area contributed by atoms with E-state index in [2.05, 4.69) is 30.2 Å². The van der Waals surface area contributed by atoms with Crippen LogP contribution in [0.5, 0.6) is 5.75 Å². The van der Waals surface area contributed by atoms with Gasteiger partial charge in [0.2, 0.25) is 11.9 Å². The van der Waals surface area contributed by atoms with Crippen molar-refractivity contribution >= 4 is 17.6 Å². The Morgan fingerprint density at radius 2 is 1.69 bits per heavy atom. The lowest BCUT2D eigenvalue weighted by Crippen LogP contribution is -2.40. The fourth-order valence-corrected chi connectivity index (χ4v) is 3.19. The highest BCUT2D eigenvalue weighted by molar-refractivity contribution is 5.67. The molecule has 7 nitrogen and oxygen atoms in total. The maximum atomic E-state index is 14.0. The highest BCUT2D eigenvalue weighted by Gasteiger charge is 2.35. The van der Waals surface area contributed by atoms with Crippen LogP contribution in [0.25, 0.3) is 11.1 Å². The molecule has 1 fully saturated rings. The largest absolute Gasteiger partial charge is 0.435 e. The van der Waals surface area contributed by atoms with Crippen LogP contribution >= 0.6 is 0 Å². The molecule has 0 unspecified atom stereocenters. The molecule has 1 aliphatic heterocycles. The van der Waals surface area contributed by atoms with Crippen LogP contribution < -0.4 is 15.0 Å². The molecule has 4 rings (SSSR count). The van der Waals surface area contributed by atoms with Crippen molar-refractivity contribution in [2.45, 2.75) is 25.4 Å². The number of nitrogens with one attached hydrogen (secondary N) is 1. The van der Waals surface area contributed by atoms with Gasteiger partial charge in [0.15, 0.2) is 5.82 Å². The topological polar surface area (TPSA) is 76.1 Å². The first-order valence-corrected chi connectivity index (χ1v) is 9.60. The van der Waals surface area contributed by atoms with Gasteiger partial charge in [0, 0.05) is 37.6 Å². The lowest BCUT2D eigenvalue weighted by molar-refractivity contribution is -0.0498. The van der Waals surface area contributed by atoms with Crippen molar-refractivity contribution in [3.8, 4) is 16.9 Å². The van der Waals surface area contributed by atoms with Crippen molar-refractivity contribution in [2.75, 3.05) is 23.3 Å². The van der Waals surface area contributed by atoms with Crippen LogP contribution in [0.4, 0.5) is 39.5 Å². The highest BCUT2D eigenvalue weighted by Crippen LogP contribution is 2.30. The number of alkyl halides is 4. The number of anilines is 3. The Morgan fingerprint density at radius 1 is 0.969 bits per heavy atom. The quantitative estimate of drug-likeness (QED) is 0.431. The van der Waals surface area contributed by atoms with Crippen LogP contribution in [-0.4, -0.2) is 45.8 Å². The molecular formula is C20H17F5N6O. The molecule has 1 N–H and O–H groups in total. The number of piperidine rings is 1. The van der Waals surface area contributed by atoms with Crippen LogP contribution in [0.1, 0.15) is 12.8 Å². The van der Waals surface area contributed by atoms with E-state index in [1.54, 1.807) is 18.2 Å². The maximum absolute atomic E-state index is 14.0. The fraction of sp³-hybridized carbons (Fsp3) is 0.300. The molecule has 168 valence electrons. The van der Waals surface area contributed by atoms with E-state index in [-0.39, 0.29) is 49.3 Å². The predicted molar refractivity (Wildman–Crippen MR) is 106 cm³/mol. The molecule has 1 saturated heterocycles. The third kappa shape index (κ3) is 5.37. The second kappa shape index (κ2) is 8.89. The van der Waals surface area contributed by atoms with Crippen LogP contribution in [0.3, 0.4) is 0 Å². The van der Waals surface area contributed by atoms with Crippen molar-refractivity contribution in [2.24, 2.45) is 0 Å². The summed E-state index contributed by atoms with van der Waals surface area (Å²) in [6.07, 6.45) is 0.753. The summed E-state index contributed by atoms with van der Waals surface area (Å²) in [6.45, 7) is -2.90. The van der Waals surface area contributed by atoms with Gasteiger partial charge in [0.1, 0.15) is 11.6 Å². The van der Waals surface area contributed by atoms with Gasteiger partial charge in [-0.2, -0.15) is 28.2 Å². The normalized spacial score (nSPS) is 15.6. The third-order valence-electron chi connectivity index (χ3n) is 4.78. The first-order chi connectivity index (χ1) is 15.3. The first-order valence-electron chi connectivity index (χ1n) is 9.60. The minimum atomic E-state index is -2.92. The number of nitrogens with zero attached hydrogens (tertiary/aromatic N) is 5. The van der Waals surface area contributed by atoms with Gasteiger partial charge in [0.25, 0.3) is 5.92 Å². The molecule has 1 aromatic carbocycles. The van der Waals surface area contributed by atoms with Crippen molar-refractivity contribution < 1.29 is 26.7 Å². The minimum Gasteiger partial charge on any atom is -0.435 e. The highest BCUT2D eigenvalue weighted by atomic mass is 19.3. The summed E-state index contributed by atoms with van der Waals surface area (Å²) in [6, 6.07) is 8.59. The van der Waals surface area contributed by atoms with Gasteiger partial charge in [-0.1, -0.05) is 12.1 Å². The molecule has 0 spiro atoms. The molecule has 32 heavy (non-hydrogen) atoms. The Hall–Kier alpha value is -3.57. The van der Waals surface area contributed by atoms with Crippen molar-refractivity contribution in [1.29, 1.82) is 0 Å². The molecule has 0 amide bonds. The Bertz CT molecular complexity index is 1070. The molecule has 0 atom stereocenters. The van der Waals surface area contributed by atoms with Crippen LogP contribution in [0.2, 0.25) is 0 Å². The Balaban J connectivity index is 1.50. The van der Waals surface area contributed by atoms with Crippen LogP contribution in [0.15, 0.2) is 42.6 Å².